The van der Waals surface area contributed by atoms with Crippen molar-refractivity contribution in [1.82, 2.24) is 4.98 Å². The number of rotatable bonds is 5. The summed E-state index contributed by atoms with van der Waals surface area (Å²) < 4.78 is 5.36. The molecule has 19 heavy (non-hydrogen) atoms. The second-order valence-electron chi connectivity index (χ2n) is 3.50. The Kier molecular flexibility index (Phi) is 3.71. The number of hydrogen-bond acceptors (Lipinski definition) is 6. The van der Waals surface area contributed by atoms with Crippen LogP contribution in [0.25, 0.3) is 0 Å². The maximum atomic E-state index is 10.9. The molecule has 0 atom stereocenters. The van der Waals surface area contributed by atoms with Gasteiger partial charge in [0.25, 0.3) is 5.69 Å². The summed E-state index contributed by atoms with van der Waals surface area (Å²) in [4.78, 5) is 25.6. The fraction of sp³-hybridized carbons (Fsp3) is 0.0909. The number of aromatic nitrogens is 1. The van der Waals surface area contributed by atoms with E-state index in [0.717, 1.165) is 17.0 Å². The van der Waals surface area contributed by atoms with Crippen molar-refractivity contribution in [3.05, 3.63) is 50.5 Å². The molecule has 7 nitrogen and oxygen atoms in total. The third kappa shape index (κ3) is 3.05. The average Bonchev–Trinajstić information content (AvgIpc) is 2.88. The van der Waals surface area contributed by atoms with Crippen LogP contribution in [0, 0.1) is 10.1 Å². The van der Waals surface area contributed by atoms with Gasteiger partial charge in [-0.3, -0.25) is 15.1 Å². The van der Waals surface area contributed by atoms with Gasteiger partial charge >= 0.3 is 5.97 Å². The predicted molar refractivity (Wildman–Crippen MR) is 66.5 cm³/mol. The molecule has 0 unspecified atom stereocenters. The largest absolute Gasteiger partial charge is 0.488 e. The molecule has 0 radical (unpaired) electrons. The summed E-state index contributed by atoms with van der Waals surface area (Å²) in [6, 6.07) is 3.62. The quantitative estimate of drug-likeness (QED) is 0.666. The summed E-state index contributed by atoms with van der Waals surface area (Å²) >= 11 is 1.40. The monoisotopic (exact) mass is 280 g/mol. The number of nitrogens with zero attached hydrogens (tertiary/aromatic N) is 2. The van der Waals surface area contributed by atoms with Gasteiger partial charge in [-0.15, -0.1) is 11.3 Å². The topological polar surface area (TPSA) is 103 Å². The van der Waals surface area contributed by atoms with Crippen LogP contribution in [0.4, 0.5) is 5.69 Å². The molecule has 1 heterocycles. The Morgan fingerprint density at radius 2 is 2.32 bits per heavy atom. The van der Waals surface area contributed by atoms with E-state index in [4.69, 9.17) is 9.84 Å². The van der Waals surface area contributed by atoms with Gasteiger partial charge in [0.15, 0.2) is 0 Å². The van der Waals surface area contributed by atoms with Crippen molar-refractivity contribution in [1.29, 1.82) is 0 Å². The van der Waals surface area contributed by atoms with Gasteiger partial charge in [0.05, 0.1) is 15.3 Å². The Bertz CT molecular complexity index is 612. The molecule has 0 saturated carbocycles. The highest BCUT2D eigenvalue weighted by Crippen LogP contribution is 2.25. The number of carboxylic acids is 1. The third-order valence-corrected chi connectivity index (χ3v) is 3.01. The lowest BCUT2D eigenvalue weighted by Gasteiger charge is -2.05. The summed E-state index contributed by atoms with van der Waals surface area (Å²) in [7, 11) is 0. The van der Waals surface area contributed by atoms with Crippen LogP contribution >= 0.6 is 11.3 Å². The minimum absolute atomic E-state index is 0.238. The zero-order valence-corrected chi connectivity index (χ0v) is 10.3. The highest BCUT2D eigenvalue weighted by Gasteiger charge is 2.20. The van der Waals surface area contributed by atoms with E-state index >= 15 is 0 Å². The second-order valence-corrected chi connectivity index (χ2v) is 4.47. The number of ether oxygens (including phenoxy) is 1. The van der Waals surface area contributed by atoms with Crippen LogP contribution in [0.5, 0.6) is 5.75 Å². The van der Waals surface area contributed by atoms with Crippen LogP contribution in [0.2, 0.25) is 0 Å². The number of carboxylic acid groups (broad SMARTS) is 1. The number of nitro groups is 1. The minimum atomic E-state index is -1.37. The van der Waals surface area contributed by atoms with E-state index in [-0.39, 0.29) is 12.4 Å². The molecule has 98 valence electrons. The third-order valence-electron chi connectivity index (χ3n) is 2.26. The van der Waals surface area contributed by atoms with E-state index in [1.165, 1.54) is 17.4 Å². The minimum Gasteiger partial charge on any atom is -0.488 e. The van der Waals surface area contributed by atoms with Crippen molar-refractivity contribution in [2.45, 2.75) is 6.61 Å². The van der Waals surface area contributed by atoms with E-state index in [1.54, 1.807) is 11.7 Å². The van der Waals surface area contributed by atoms with Crippen molar-refractivity contribution in [2.24, 2.45) is 0 Å². The maximum absolute atomic E-state index is 10.9. The summed E-state index contributed by atoms with van der Waals surface area (Å²) in [5, 5.41) is 19.6. The zero-order valence-electron chi connectivity index (χ0n) is 9.48. The first-order valence-electron chi connectivity index (χ1n) is 5.10. The molecule has 2 rings (SSSR count). The van der Waals surface area contributed by atoms with Gasteiger partial charge in [-0.2, -0.15) is 0 Å². The van der Waals surface area contributed by atoms with Crippen LogP contribution in [-0.4, -0.2) is 21.0 Å². The summed E-state index contributed by atoms with van der Waals surface area (Å²) in [6.45, 7) is 0.238. The van der Waals surface area contributed by atoms with E-state index in [1.807, 2.05) is 0 Å². The summed E-state index contributed by atoms with van der Waals surface area (Å²) in [5.74, 6) is -1.11. The number of nitro benzene ring substituents is 1. The van der Waals surface area contributed by atoms with E-state index in [0.29, 0.717) is 0 Å². The van der Waals surface area contributed by atoms with Gasteiger partial charge in [0, 0.05) is 18.3 Å². The standard InChI is InChI=1S/C11H8N2O5S/c14-11(15)9-3-7(1-2-10(9)13(16)17)18-5-8-4-12-6-19-8/h1-4,6H,5H2,(H,14,15). The molecule has 0 bridgehead atoms. The first-order chi connectivity index (χ1) is 9.08. The molecular weight excluding hydrogens is 272 g/mol. The molecule has 0 spiro atoms. The SMILES string of the molecule is O=C(O)c1cc(OCc2cncs2)ccc1[N+](=O)[O-]. The van der Waals surface area contributed by atoms with Crippen LogP contribution in [0.15, 0.2) is 29.9 Å². The van der Waals surface area contributed by atoms with Crippen molar-refractivity contribution in [3.63, 3.8) is 0 Å². The lowest BCUT2D eigenvalue weighted by atomic mass is 10.1. The zero-order chi connectivity index (χ0) is 13.8. The summed E-state index contributed by atoms with van der Waals surface area (Å²) in [6.07, 6.45) is 1.63. The van der Waals surface area contributed by atoms with Crippen molar-refractivity contribution in [2.75, 3.05) is 0 Å². The Morgan fingerprint density at radius 1 is 1.53 bits per heavy atom. The van der Waals surface area contributed by atoms with E-state index < -0.39 is 22.1 Å². The highest BCUT2D eigenvalue weighted by atomic mass is 32.1. The molecular formula is C11H8N2O5S. The van der Waals surface area contributed by atoms with Gasteiger partial charge in [-0.05, 0) is 6.07 Å². The number of thiazole rings is 1. The van der Waals surface area contributed by atoms with E-state index in [9.17, 15) is 14.9 Å². The van der Waals surface area contributed by atoms with Gasteiger partial charge in [-0.1, -0.05) is 0 Å². The fourth-order valence-corrected chi connectivity index (χ4v) is 1.91. The number of benzene rings is 1. The Labute approximate surface area is 111 Å². The Hall–Kier alpha value is -2.48. The molecule has 1 aromatic heterocycles. The lowest BCUT2D eigenvalue weighted by Crippen LogP contribution is -2.03. The molecule has 1 aromatic carbocycles. The molecule has 1 N–H and O–H groups in total. The normalized spacial score (nSPS) is 10.1. The maximum Gasteiger partial charge on any atom is 0.342 e. The lowest BCUT2D eigenvalue weighted by molar-refractivity contribution is -0.385. The van der Waals surface area contributed by atoms with Crippen LogP contribution < -0.4 is 4.74 Å². The van der Waals surface area contributed by atoms with Crippen molar-refractivity contribution < 1.29 is 19.6 Å². The van der Waals surface area contributed by atoms with Crippen LogP contribution in [0.3, 0.4) is 0 Å². The molecule has 0 aliphatic heterocycles. The molecule has 0 saturated heterocycles. The molecule has 0 aliphatic carbocycles. The highest BCUT2D eigenvalue weighted by molar-refractivity contribution is 7.09. The molecule has 8 heteroatoms. The average molecular weight is 280 g/mol. The van der Waals surface area contributed by atoms with Gasteiger partial charge in [0.1, 0.15) is 17.9 Å². The molecule has 0 amide bonds. The Morgan fingerprint density at radius 3 is 2.89 bits per heavy atom. The first-order valence-corrected chi connectivity index (χ1v) is 5.98. The van der Waals surface area contributed by atoms with Gasteiger partial charge < -0.3 is 9.84 Å². The van der Waals surface area contributed by atoms with Crippen LogP contribution in [0.1, 0.15) is 15.2 Å². The first kappa shape index (κ1) is 13.0. The van der Waals surface area contributed by atoms with Crippen LogP contribution in [-0.2, 0) is 6.61 Å². The van der Waals surface area contributed by atoms with Crippen molar-refractivity contribution >= 4 is 23.0 Å². The predicted octanol–water partition coefficient (Wildman–Crippen LogP) is 2.33. The van der Waals surface area contributed by atoms with E-state index in [2.05, 4.69) is 4.98 Å². The molecule has 0 aliphatic rings. The Balaban J connectivity index is 2.20. The fourth-order valence-electron chi connectivity index (χ4n) is 1.40. The number of aromatic carboxylic acids is 1. The van der Waals surface area contributed by atoms with Crippen molar-refractivity contribution in [3.8, 4) is 5.75 Å². The summed E-state index contributed by atoms with van der Waals surface area (Å²) in [5.41, 5.74) is 0.793. The second kappa shape index (κ2) is 5.44. The number of hydrogen-bond donors (Lipinski definition) is 1. The van der Waals surface area contributed by atoms with Gasteiger partial charge in [0.2, 0.25) is 0 Å². The molecule has 0 fully saturated rings. The smallest absolute Gasteiger partial charge is 0.342 e. The van der Waals surface area contributed by atoms with Gasteiger partial charge in [-0.25, -0.2) is 4.79 Å². The number of carbonyl (C=O) groups is 1. The molecule has 2 aromatic rings.